The van der Waals surface area contributed by atoms with Crippen LogP contribution in [-0.4, -0.2) is 26.5 Å². The number of aromatic nitrogens is 4. The molecule has 0 unspecified atom stereocenters. The second-order valence-corrected chi connectivity index (χ2v) is 4.23. The fraction of sp³-hybridized carbons (Fsp3) is 0.385. The van der Waals surface area contributed by atoms with Crippen LogP contribution in [0.3, 0.4) is 0 Å². The summed E-state index contributed by atoms with van der Waals surface area (Å²) in [5.41, 5.74) is 2.80. The van der Waals surface area contributed by atoms with Gasteiger partial charge in [0, 0.05) is 18.3 Å². The lowest BCUT2D eigenvalue weighted by molar-refractivity contribution is 0.967. The van der Waals surface area contributed by atoms with Crippen LogP contribution in [0.15, 0.2) is 18.7 Å². The first-order chi connectivity index (χ1) is 9.20. The van der Waals surface area contributed by atoms with Gasteiger partial charge in [-0.15, -0.1) is 0 Å². The fourth-order valence-electron chi connectivity index (χ4n) is 1.66. The van der Waals surface area contributed by atoms with E-state index in [2.05, 4.69) is 30.6 Å². The number of anilines is 2. The van der Waals surface area contributed by atoms with E-state index in [-0.39, 0.29) is 0 Å². The number of aryl methyl sites for hydroxylation is 1. The van der Waals surface area contributed by atoms with Crippen LogP contribution in [0.2, 0.25) is 0 Å². The van der Waals surface area contributed by atoms with Gasteiger partial charge < -0.3 is 10.6 Å². The Kier molecular flexibility index (Phi) is 4.22. The third-order valence-electron chi connectivity index (χ3n) is 2.70. The van der Waals surface area contributed by atoms with Crippen LogP contribution in [0.5, 0.6) is 0 Å². The molecule has 0 aliphatic rings. The van der Waals surface area contributed by atoms with Crippen molar-refractivity contribution in [3.8, 4) is 0 Å². The maximum atomic E-state index is 4.30. The van der Waals surface area contributed by atoms with Crippen molar-refractivity contribution in [3.63, 3.8) is 0 Å². The van der Waals surface area contributed by atoms with E-state index in [1.807, 2.05) is 20.8 Å². The van der Waals surface area contributed by atoms with Gasteiger partial charge in [0.2, 0.25) is 0 Å². The number of nitrogens with one attached hydrogen (secondary N) is 2. The van der Waals surface area contributed by atoms with Crippen molar-refractivity contribution in [1.29, 1.82) is 0 Å². The second-order valence-electron chi connectivity index (χ2n) is 4.23. The van der Waals surface area contributed by atoms with E-state index in [9.17, 15) is 0 Å². The Balaban J connectivity index is 2.07. The van der Waals surface area contributed by atoms with E-state index in [4.69, 9.17) is 0 Å². The van der Waals surface area contributed by atoms with Gasteiger partial charge >= 0.3 is 0 Å². The largest absolute Gasteiger partial charge is 0.370 e. The van der Waals surface area contributed by atoms with Crippen molar-refractivity contribution in [2.45, 2.75) is 27.3 Å². The molecule has 0 saturated carbocycles. The zero-order valence-corrected chi connectivity index (χ0v) is 11.4. The van der Waals surface area contributed by atoms with Gasteiger partial charge in [-0.1, -0.05) is 0 Å². The van der Waals surface area contributed by atoms with Crippen LogP contribution in [0, 0.1) is 13.8 Å². The quantitative estimate of drug-likeness (QED) is 0.853. The Hall–Kier alpha value is -2.24. The van der Waals surface area contributed by atoms with E-state index < -0.39 is 0 Å². The van der Waals surface area contributed by atoms with E-state index in [0.717, 1.165) is 35.1 Å². The Bertz CT molecular complexity index is 537. The summed E-state index contributed by atoms with van der Waals surface area (Å²) < 4.78 is 0. The predicted molar refractivity (Wildman–Crippen MR) is 75.0 cm³/mol. The van der Waals surface area contributed by atoms with Gasteiger partial charge in [-0.3, -0.25) is 9.97 Å². The lowest BCUT2D eigenvalue weighted by atomic mass is 10.3. The van der Waals surface area contributed by atoms with E-state index in [1.165, 1.54) is 0 Å². The first-order valence-corrected chi connectivity index (χ1v) is 6.27. The SMILES string of the molecule is CCNc1ncnc(NCc2cnc(C)cn2)c1C. The lowest BCUT2D eigenvalue weighted by Gasteiger charge is -2.11. The molecule has 2 rings (SSSR count). The van der Waals surface area contributed by atoms with Crippen molar-refractivity contribution in [2.75, 3.05) is 17.2 Å². The van der Waals surface area contributed by atoms with Gasteiger partial charge in [-0.05, 0) is 20.8 Å². The molecule has 0 saturated heterocycles. The number of hydrogen-bond acceptors (Lipinski definition) is 6. The minimum atomic E-state index is 0.594. The zero-order valence-electron chi connectivity index (χ0n) is 11.4. The van der Waals surface area contributed by atoms with Crippen LogP contribution in [0.1, 0.15) is 23.9 Å². The first-order valence-electron chi connectivity index (χ1n) is 6.27. The topological polar surface area (TPSA) is 75.6 Å². The summed E-state index contributed by atoms with van der Waals surface area (Å²) in [6.45, 7) is 7.37. The number of rotatable bonds is 5. The van der Waals surface area contributed by atoms with Gasteiger partial charge in [0.15, 0.2) is 0 Å². The van der Waals surface area contributed by atoms with E-state index in [0.29, 0.717) is 6.54 Å². The van der Waals surface area contributed by atoms with Crippen LogP contribution in [-0.2, 0) is 6.54 Å². The monoisotopic (exact) mass is 258 g/mol. The molecule has 2 aromatic rings. The van der Waals surface area contributed by atoms with Gasteiger partial charge in [-0.25, -0.2) is 9.97 Å². The van der Waals surface area contributed by atoms with Gasteiger partial charge in [0.05, 0.1) is 24.1 Å². The smallest absolute Gasteiger partial charge is 0.134 e. The Labute approximate surface area is 112 Å². The normalized spacial score (nSPS) is 10.3. The summed E-state index contributed by atoms with van der Waals surface area (Å²) in [5, 5.41) is 6.46. The third-order valence-corrected chi connectivity index (χ3v) is 2.70. The molecule has 6 heteroatoms. The minimum Gasteiger partial charge on any atom is -0.370 e. The average molecular weight is 258 g/mol. The molecular formula is C13H18N6. The molecule has 0 atom stereocenters. The van der Waals surface area contributed by atoms with E-state index in [1.54, 1.807) is 18.7 Å². The van der Waals surface area contributed by atoms with Crippen molar-refractivity contribution in [2.24, 2.45) is 0 Å². The molecule has 0 radical (unpaired) electrons. The van der Waals surface area contributed by atoms with Crippen LogP contribution >= 0.6 is 0 Å². The van der Waals surface area contributed by atoms with Crippen molar-refractivity contribution in [1.82, 2.24) is 19.9 Å². The standard InChI is InChI=1S/C13H18N6/c1-4-14-12-10(3)13(19-8-18-12)17-7-11-6-15-9(2)5-16-11/h5-6,8H,4,7H2,1-3H3,(H2,14,17,18,19). The molecule has 0 amide bonds. The molecule has 6 nitrogen and oxygen atoms in total. The maximum Gasteiger partial charge on any atom is 0.134 e. The lowest BCUT2D eigenvalue weighted by Crippen LogP contribution is -2.09. The molecule has 100 valence electrons. The number of hydrogen-bond donors (Lipinski definition) is 2. The summed E-state index contributed by atoms with van der Waals surface area (Å²) in [7, 11) is 0. The summed E-state index contributed by atoms with van der Waals surface area (Å²) in [6.07, 6.45) is 5.08. The number of nitrogens with zero attached hydrogens (tertiary/aromatic N) is 4. The molecule has 0 bridgehead atoms. The summed E-state index contributed by atoms with van der Waals surface area (Å²) in [6, 6.07) is 0. The highest BCUT2D eigenvalue weighted by atomic mass is 15.1. The molecule has 0 spiro atoms. The highest BCUT2D eigenvalue weighted by Crippen LogP contribution is 2.18. The van der Waals surface area contributed by atoms with Gasteiger partial charge in [0.25, 0.3) is 0 Å². The molecular weight excluding hydrogens is 240 g/mol. The highest BCUT2D eigenvalue weighted by molar-refractivity contribution is 5.56. The maximum absolute atomic E-state index is 4.30. The Morgan fingerprint density at radius 2 is 1.68 bits per heavy atom. The van der Waals surface area contributed by atoms with Crippen molar-refractivity contribution < 1.29 is 0 Å². The molecule has 0 aromatic carbocycles. The zero-order chi connectivity index (χ0) is 13.7. The second kappa shape index (κ2) is 6.08. The van der Waals surface area contributed by atoms with Crippen LogP contribution < -0.4 is 10.6 Å². The molecule has 0 aliphatic carbocycles. The predicted octanol–water partition coefficient (Wildman–Crippen LogP) is 1.93. The summed E-state index contributed by atoms with van der Waals surface area (Å²) in [4.78, 5) is 17.0. The van der Waals surface area contributed by atoms with Crippen LogP contribution in [0.4, 0.5) is 11.6 Å². The average Bonchev–Trinajstić information content (AvgIpc) is 2.42. The van der Waals surface area contributed by atoms with Gasteiger partial charge in [-0.2, -0.15) is 0 Å². The highest BCUT2D eigenvalue weighted by Gasteiger charge is 2.06. The van der Waals surface area contributed by atoms with Gasteiger partial charge in [0.1, 0.15) is 18.0 Å². The van der Waals surface area contributed by atoms with Crippen molar-refractivity contribution in [3.05, 3.63) is 35.7 Å². The first kappa shape index (κ1) is 13.2. The molecule has 2 aromatic heterocycles. The van der Waals surface area contributed by atoms with Crippen LogP contribution in [0.25, 0.3) is 0 Å². The Morgan fingerprint density at radius 3 is 2.32 bits per heavy atom. The molecule has 0 fully saturated rings. The third kappa shape index (κ3) is 3.37. The molecule has 0 aliphatic heterocycles. The Morgan fingerprint density at radius 1 is 0.947 bits per heavy atom. The molecule has 2 N–H and O–H groups in total. The van der Waals surface area contributed by atoms with E-state index >= 15 is 0 Å². The molecule has 2 heterocycles. The summed E-state index contributed by atoms with van der Waals surface area (Å²) in [5.74, 6) is 1.67. The molecule has 19 heavy (non-hydrogen) atoms. The summed E-state index contributed by atoms with van der Waals surface area (Å²) >= 11 is 0. The fourth-order valence-corrected chi connectivity index (χ4v) is 1.66. The van der Waals surface area contributed by atoms with Crippen molar-refractivity contribution >= 4 is 11.6 Å². The minimum absolute atomic E-state index is 0.594.